The molecule has 0 bridgehead atoms. The van der Waals surface area contributed by atoms with Crippen molar-refractivity contribution in [3.63, 3.8) is 0 Å². The van der Waals surface area contributed by atoms with E-state index >= 15 is 0 Å². The van der Waals surface area contributed by atoms with Gasteiger partial charge in [-0.15, -0.1) is 11.3 Å². The maximum absolute atomic E-state index is 11.8. The molecule has 0 spiro atoms. The molecule has 0 atom stereocenters. The summed E-state index contributed by atoms with van der Waals surface area (Å²) in [6.45, 7) is 2.19. The minimum Gasteiger partial charge on any atom is -0.356 e. The molecule has 0 aliphatic carbocycles. The lowest BCUT2D eigenvalue weighted by Crippen LogP contribution is -2.25. The van der Waals surface area contributed by atoms with E-state index in [9.17, 15) is 9.59 Å². The lowest BCUT2D eigenvalue weighted by molar-refractivity contribution is -0.121. The molecule has 1 heterocycles. The van der Waals surface area contributed by atoms with E-state index in [0.717, 1.165) is 22.6 Å². The van der Waals surface area contributed by atoms with Gasteiger partial charge >= 0.3 is 0 Å². The monoisotopic (exact) mass is 301 g/mol. The fourth-order valence-electron chi connectivity index (χ4n) is 2.02. The van der Waals surface area contributed by atoms with Crippen LogP contribution in [0.4, 0.5) is 0 Å². The van der Waals surface area contributed by atoms with Gasteiger partial charge in [0.25, 0.3) is 0 Å². The molecule has 1 amide bonds. The fourth-order valence-corrected chi connectivity index (χ4v) is 2.92. The SMILES string of the molecule is CC(=O)c1ccc(CCNC(=O)CCc2ccccc2)s1. The third-order valence-corrected chi connectivity index (χ3v) is 4.43. The Hall–Kier alpha value is -1.94. The molecular weight excluding hydrogens is 282 g/mol. The van der Waals surface area contributed by atoms with Gasteiger partial charge in [0.05, 0.1) is 4.88 Å². The van der Waals surface area contributed by atoms with Gasteiger partial charge in [0.15, 0.2) is 5.78 Å². The quantitative estimate of drug-likeness (QED) is 0.798. The van der Waals surface area contributed by atoms with Gasteiger partial charge in [0.2, 0.25) is 5.91 Å². The van der Waals surface area contributed by atoms with Crippen molar-refractivity contribution < 1.29 is 9.59 Å². The highest BCUT2D eigenvalue weighted by Gasteiger charge is 2.05. The predicted octanol–water partition coefficient (Wildman–Crippen LogP) is 3.24. The summed E-state index contributed by atoms with van der Waals surface area (Å²) in [6, 6.07) is 13.8. The van der Waals surface area contributed by atoms with Crippen molar-refractivity contribution in [1.82, 2.24) is 5.32 Å². The zero-order chi connectivity index (χ0) is 15.1. The third-order valence-electron chi connectivity index (χ3n) is 3.19. The first-order valence-corrected chi connectivity index (χ1v) is 7.87. The lowest BCUT2D eigenvalue weighted by atomic mass is 10.1. The summed E-state index contributed by atoms with van der Waals surface area (Å²) in [6.07, 6.45) is 2.04. The largest absolute Gasteiger partial charge is 0.356 e. The van der Waals surface area contributed by atoms with E-state index in [1.165, 1.54) is 16.9 Å². The molecule has 1 aromatic heterocycles. The summed E-state index contributed by atoms with van der Waals surface area (Å²) < 4.78 is 0. The molecule has 0 unspecified atom stereocenters. The van der Waals surface area contributed by atoms with Gasteiger partial charge in [0, 0.05) is 17.8 Å². The highest BCUT2D eigenvalue weighted by Crippen LogP contribution is 2.17. The van der Waals surface area contributed by atoms with Crippen LogP contribution < -0.4 is 5.32 Å². The molecule has 1 aromatic carbocycles. The van der Waals surface area contributed by atoms with Crippen LogP contribution >= 0.6 is 11.3 Å². The van der Waals surface area contributed by atoms with Gasteiger partial charge in [-0.25, -0.2) is 0 Å². The molecular formula is C17H19NO2S. The van der Waals surface area contributed by atoms with Crippen molar-refractivity contribution >= 4 is 23.0 Å². The molecule has 0 saturated carbocycles. The summed E-state index contributed by atoms with van der Waals surface area (Å²) in [5, 5.41) is 2.92. The number of Topliss-reactive ketones (excluding diaryl/α,β-unsaturated/α-hetero) is 1. The minimum absolute atomic E-state index is 0.0715. The number of aryl methyl sites for hydroxylation is 1. The minimum atomic E-state index is 0.0715. The maximum Gasteiger partial charge on any atom is 0.220 e. The third kappa shape index (κ3) is 5.16. The van der Waals surface area contributed by atoms with Crippen LogP contribution in [0.3, 0.4) is 0 Å². The number of benzene rings is 1. The van der Waals surface area contributed by atoms with E-state index in [-0.39, 0.29) is 11.7 Å². The molecule has 1 N–H and O–H groups in total. The van der Waals surface area contributed by atoms with E-state index < -0.39 is 0 Å². The van der Waals surface area contributed by atoms with E-state index in [2.05, 4.69) is 5.32 Å². The van der Waals surface area contributed by atoms with E-state index in [4.69, 9.17) is 0 Å². The number of rotatable bonds is 7. The Morgan fingerprint density at radius 1 is 1.05 bits per heavy atom. The Morgan fingerprint density at radius 3 is 2.48 bits per heavy atom. The smallest absolute Gasteiger partial charge is 0.220 e. The molecule has 2 rings (SSSR count). The van der Waals surface area contributed by atoms with Crippen molar-refractivity contribution in [3.05, 3.63) is 57.8 Å². The van der Waals surface area contributed by atoms with Crippen molar-refractivity contribution in [1.29, 1.82) is 0 Å². The molecule has 0 fully saturated rings. The standard InChI is InChI=1S/C17H19NO2S/c1-13(19)16-9-8-15(21-16)11-12-18-17(20)10-7-14-5-3-2-4-6-14/h2-6,8-9H,7,10-12H2,1H3,(H,18,20). The maximum atomic E-state index is 11.8. The normalized spacial score (nSPS) is 10.3. The molecule has 0 radical (unpaired) electrons. The second kappa shape index (κ2) is 7.74. The summed E-state index contributed by atoms with van der Waals surface area (Å²) in [5.74, 6) is 0.167. The Kier molecular flexibility index (Phi) is 5.69. The average molecular weight is 301 g/mol. The summed E-state index contributed by atoms with van der Waals surface area (Å²) in [5.41, 5.74) is 1.18. The van der Waals surface area contributed by atoms with Crippen molar-refractivity contribution in [3.8, 4) is 0 Å². The zero-order valence-electron chi connectivity index (χ0n) is 12.1. The molecule has 0 saturated heterocycles. The summed E-state index contributed by atoms with van der Waals surface area (Å²) in [7, 11) is 0. The zero-order valence-corrected chi connectivity index (χ0v) is 12.9. The van der Waals surface area contributed by atoms with Crippen LogP contribution in [-0.2, 0) is 17.6 Å². The number of nitrogens with one attached hydrogen (secondary N) is 1. The van der Waals surface area contributed by atoms with Gasteiger partial charge in [-0.1, -0.05) is 30.3 Å². The predicted molar refractivity (Wildman–Crippen MR) is 85.8 cm³/mol. The van der Waals surface area contributed by atoms with Crippen molar-refractivity contribution in [2.45, 2.75) is 26.2 Å². The lowest BCUT2D eigenvalue weighted by Gasteiger charge is -2.04. The Morgan fingerprint density at radius 2 is 1.81 bits per heavy atom. The number of thiophene rings is 1. The number of carbonyl (C=O) groups excluding carboxylic acids is 2. The molecule has 2 aromatic rings. The molecule has 0 aliphatic heterocycles. The molecule has 4 heteroatoms. The van der Waals surface area contributed by atoms with Crippen LogP contribution in [0.25, 0.3) is 0 Å². The molecule has 110 valence electrons. The first kappa shape index (κ1) is 15.4. The van der Waals surface area contributed by atoms with Crippen LogP contribution in [0.1, 0.15) is 33.5 Å². The number of amides is 1. The molecule has 21 heavy (non-hydrogen) atoms. The average Bonchev–Trinajstić information content (AvgIpc) is 2.95. The number of ketones is 1. The van der Waals surface area contributed by atoms with Crippen LogP contribution in [0.15, 0.2) is 42.5 Å². The Bertz CT molecular complexity index is 604. The number of carbonyl (C=O) groups is 2. The van der Waals surface area contributed by atoms with Gasteiger partial charge in [-0.3, -0.25) is 9.59 Å². The van der Waals surface area contributed by atoms with Crippen LogP contribution in [0.2, 0.25) is 0 Å². The van der Waals surface area contributed by atoms with Gasteiger partial charge < -0.3 is 5.32 Å². The number of hydrogen-bond donors (Lipinski definition) is 1. The van der Waals surface area contributed by atoms with Crippen LogP contribution in [-0.4, -0.2) is 18.2 Å². The highest BCUT2D eigenvalue weighted by atomic mass is 32.1. The number of hydrogen-bond acceptors (Lipinski definition) is 3. The highest BCUT2D eigenvalue weighted by molar-refractivity contribution is 7.14. The topological polar surface area (TPSA) is 46.2 Å². The van der Waals surface area contributed by atoms with E-state index in [1.807, 2.05) is 42.5 Å². The summed E-state index contributed by atoms with van der Waals surface area (Å²) in [4.78, 5) is 24.9. The van der Waals surface area contributed by atoms with Crippen molar-refractivity contribution in [2.75, 3.05) is 6.54 Å². The van der Waals surface area contributed by atoms with Crippen molar-refractivity contribution in [2.24, 2.45) is 0 Å². The van der Waals surface area contributed by atoms with Crippen LogP contribution in [0.5, 0.6) is 0 Å². The van der Waals surface area contributed by atoms with E-state index in [1.54, 1.807) is 6.92 Å². The summed E-state index contributed by atoms with van der Waals surface area (Å²) >= 11 is 1.50. The van der Waals surface area contributed by atoms with Crippen LogP contribution in [0, 0.1) is 0 Å². The van der Waals surface area contributed by atoms with Gasteiger partial charge in [-0.2, -0.15) is 0 Å². The van der Waals surface area contributed by atoms with Gasteiger partial charge in [0.1, 0.15) is 0 Å². The second-order valence-corrected chi connectivity index (χ2v) is 6.08. The first-order chi connectivity index (χ1) is 10.1. The van der Waals surface area contributed by atoms with E-state index in [0.29, 0.717) is 13.0 Å². The first-order valence-electron chi connectivity index (χ1n) is 7.05. The Labute approximate surface area is 129 Å². The Balaban J connectivity index is 1.68. The van der Waals surface area contributed by atoms with Gasteiger partial charge in [-0.05, 0) is 37.5 Å². The second-order valence-electron chi connectivity index (χ2n) is 4.91. The fraction of sp³-hybridized carbons (Fsp3) is 0.294. The molecule has 0 aliphatic rings. The molecule has 3 nitrogen and oxygen atoms in total.